The van der Waals surface area contributed by atoms with Gasteiger partial charge < -0.3 is 9.80 Å². The van der Waals surface area contributed by atoms with Gasteiger partial charge in [-0.25, -0.2) is 0 Å². The summed E-state index contributed by atoms with van der Waals surface area (Å²) >= 11 is 0. The fourth-order valence-electron chi connectivity index (χ4n) is 6.01. The molecule has 0 saturated carbocycles. The molecule has 3 aromatic carbocycles. The molecule has 0 bridgehead atoms. The molecule has 2 aliphatic heterocycles. The van der Waals surface area contributed by atoms with E-state index in [0.29, 0.717) is 6.54 Å². The molecule has 0 aliphatic carbocycles. The predicted octanol–water partition coefficient (Wildman–Crippen LogP) is 5.99. The maximum Gasteiger partial charge on any atom is 0.234 e. The molecule has 1 amide bonds. The Morgan fingerprint density at radius 2 is 1.44 bits per heavy atom. The highest BCUT2D eigenvalue weighted by Crippen LogP contribution is 2.43. The smallest absolute Gasteiger partial charge is 0.234 e. The average Bonchev–Trinajstić information content (AvgIpc) is 2.90. The number of rotatable bonds is 6. The summed E-state index contributed by atoms with van der Waals surface area (Å²) in [6, 6.07) is 29.4. The van der Waals surface area contributed by atoms with Crippen molar-refractivity contribution in [2.75, 3.05) is 26.2 Å². The summed E-state index contributed by atoms with van der Waals surface area (Å²) in [7, 11) is 0. The molecule has 2 heterocycles. The van der Waals surface area contributed by atoms with E-state index in [2.05, 4.69) is 65.3 Å². The number of carbonyl (C=O) groups is 1. The molecule has 3 heteroatoms. The highest BCUT2D eigenvalue weighted by Gasteiger charge is 2.44. The molecule has 3 aromatic rings. The molecule has 0 unspecified atom stereocenters. The van der Waals surface area contributed by atoms with Gasteiger partial charge in [0.25, 0.3) is 0 Å². The topological polar surface area (TPSA) is 23.6 Å². The fourth-order valence-corrected chi connectivity index (χ4v) is 6.01. The van der Waals surface area contributed by atoms with E-state index in [1.165, 1.54) is 30.5 Å². The van der Waals surface area contributed by atoms with Crippen molar-refractivity contribution in [3.8, 4) is 0 Å². The van der Waals surface area contributed by atoms with Crippen LogP contribution in [-0.4, -0.2) is 41.9 Å². The molecular formula is C31H36N2O. The highest BCUT2D eigenvalue weighted by molar-refractivity contribution is 5.87. The number of amides is 1. The fraction of sp³-hybridized carbons (Fsp3) is 0.387. The second-order valence-corrected chi connectivity index (χ2v) is 10.1. The first-order valence-electron chi connectivity index (χ1n) is 12.9. The lowest BCUT2D eigenvalue weighted by Crippen LogP contribution is -2.54. The Balaban J connectivity index is 1.46. The van der Waals surface area contributed by atoms with E-state index in [1.54, 1.807) is 0 Å². The van der Waals surface area contributed by atoms with E-state index in [-0.39, 0.29) is 17.2 Å². The van der Waals surface area contributed by atoms with Crippen LogP contribution in [-0.2, 0) is 16.8 Å². The van der Waals surface area contributed by atoms with Crippen molar-refractivity contribution in [1.29, 1.82) is 0 Å². The molecule has 0 aromatic heterocycles. The van der Waals surface area contributed by atoms with Gasteiger partial charge in [0.05, 0.1) is 5.92 Å². The Kier molecular flexibility index (Phi) is 6.82. The maximum atomic E-state index is 14.3. The molecule has 2 aliphatic rings. The first-order chi connectivity index (χ1) is 16.7. The third-order valence-corrected chi connectivity index (χ3v) is 7.91. The highest BCUT2D eigenvalue weighted by atomic mass is 16.2. The number of fused-ring (bicyclic) bond motifs is 2. The van der Waals surface area contributed by atoms with Gasteiger partial charge >= 0.3 is 0 Å². The zero-order valence-corrected chi connectivity index (χ0v) is 20.3. The Bertz CT molecular complexity index is 1050. The third-order valence-electron chi connectivity index (χ3n) is 7.91. The van der Waals surface area contributed by atoms with Crippen LogP contribution in [0.3, 0.4) is 0 Å². The number of hydrogen-bond donors (Lipinski definition) is 0. The summed E-state index contributed by atoms with van der Waals surface area (Å²) in [5.41, 5.74) is 5.00. The van der Waals surface area contributed by atoms with Crippen LogP contribution in [0.2, 0.25) is 0 Å². The number of benzene rings is 3. The van der Waals surface area contributed by atoms with E-state index in [9.17, 15) is 4.79 Å². The molecule has 0 radical (unpaired) electrons. The minimum Gasteiger partial charge on any atom is -0.337 e. The second kappa shape index (κ2) is 10.1. The van der Waals surface area contributed by atoms with Gasteiger partial charge in [0, 0.05) is 18.5 Å². The molecular weight excluding hydrogens is 416 g/mol. The monoisotopic (exact) mass is 452 g/mol. The van der Waals surface area contributed by atoms with Crippen LogP contribution >= 0.6 is 0 Å². The molecule has 0 N–H and O–H groups in total. The Morgan fingerprint density at radius 1 is 0.853 bits per heavy atom. The van der Waals surface area contributed by atoms with Crippen LogP contribution in [0.15, 0.2) is 84.9 Å². The Morgan fingerprint density at radius 3 is 2.06 bits per heavy atom. The van der Waals surface area contributed by atoms with E-state index >= 15 is 0 Å². The number of piperidine rings is 1. The van der Waals surface area contributed by atoms with Crippen LogP contribution in [0.5, 0.6) is 0 Å². The second-order valence-electron chi connectivity index (χ2n) is 10.1. The SMILES string of the molecule is CCCCN1CCC2(CC1)CN(C(=O)C(c1ccccc1)c1ccccc1)Cc1ccccc12. The number of likely N-dealkylation sites (tertiary alicyclic amines) is 1. The first kappa shape index (κ1) is 22.9. The van der Waals surface area contributed by atoms with Crippen LogP contribution in [0.1, 0.15) is 60.8 Å². The molecule has 34 heavy (non-hydrogen) atoms. The van der Waals surface area contributed by atoms with Crippen molar-refractivity contribution in [2.45, 2.75) is 50.5 Å². The largest absolute Gasteiger partial charge is 0.337 e. The standard InChI is InChI=1S/C31H36N2O/c1-2-3-20-32-21-18-31(19-22-32)24-33(23-27-16-10-11-17-28(27)31)30(34)29(25-12-6-4-7-13-25)26-14-8-5-9-15-26/h4-17,29H,2-3,18-24H2,1H3. The molecule has 1 saturated heterocycles. The molecule has 5 rings (SSSR count). The Hall–Kier alpha value is -2.91. The van der Waals surface area contributed by atoms with Gasteiger partial charge in [0.15, 0.2) is 0 Å². The van der Waals surface area contributed by atoms with E-state index < -0.39 is 0 Å². The third kappa shape index (κ3) is 4.54. The number of nitrogens with zero attached hydrogens (tertiary/aromatic N) is 2. The predicted molar refractivity (Wildman–Crippen MR) is 139 cm³/mol. The lowest BCUT2D eigenvalue weighted by Gasteiger charge is -2.49. The summed E-state index contributed by atoms with van der Waals surface area (Å²) in [4.78, 5) is 19.0. The molecule has 3 nitrogen and oxygen atoms in total. The minimum atomic E-state index is -0.269. The Labute approximate surface area is 204 Å². The van der Waals surface area contributed by atoms with Gasteiger partial charge in [-0.3, -0.25) is 4.79 Å². The summed E-state index contributed by atoms with van der Waals surface area (Å²) in [6.45, 7) is 7.23. The molecule has 0 atom stereocenters. The van der Waals surface area contributed by atoms with Crippen molar-refractivity contribution in [2.24, 2.45) is 0 Å². The molecule has 1 fully saturated rings. The average molecular weight is 453 g/mol. The van der Waals surface area contributed by atoms with Crippen LogP contribution < -0.4 is 0 Å². The number of unbranched alkanes of at least 4 members (excludes halogenated alkanes) is 1. The zero-order chi connectivity index (χ0) is 23.4. The number of hydrogen-bond acceptors (Lipinski definition) is 2. The van der Waals surface area contributed by atoms with Crippen LogP contribution in [0, 0.1) is 0 Å². The van der Waals surface area contributed by atoms with Crippen molar-refractivity contribution in [3.05, 3.63) is 107 Å². The van der Waals surface area contributed by atoms with Crippen molar-refractivity contribution < 1.29 is 4.79 Å². The first-order valence-corrected chi connectivity index (χ1v) is 12.9. The summed E-state index contributed by atoms with van der Waals surface area (Å²) in [5.74, 6) is -0.0472. The summed E-state index contributed by atoms with van der Waals surface area (Å²) in [5, 5.41) is 0. The van der Waals surface area contributed by atoms with E-state index in [1.807, 2.05) is 36.4 Å². The molecule has 176 valence electrons. The van der Waals surface area contributed by atoms with Crippen molar-refractivity contribution in [3.63, 3.8) is 0 Å². The van der Waals surface area contributed by atoms with Gasteiger partial charge in [-0.15, -0.1) is 0 Å². The minimum absolute atomic E-state index is 0.0607. The summed E-state index contributed by atoms with van der Waals surface area (Å²) < 4.78 is 0. The van der Waals surface area contributed by atoms with Crippen molar-refractivity contribution >= 4 is 5.91 Å². The maximum absolute atomic E-state index is 14.3. The lowest BCUT2D eigenvalue weighted by molar-refractivity contribution is -0.134. The van der Waals surface area contributed by atoms with Gasteiger partial charge in [0.2, 0.25) is 5.91 Å². The quantitative estimate of drug-likeness (QED) is 0.458. The van der Waals surface area contributed by atoms with Gasteiger partial charge in [-0.05, 0) is 61.2 Å². The van der Waals surface area contributed by atoms with Gasteiger partial charge in [-0.2, -0.15) is 0 Å². The summed E-state index contributed by atoms with van der Waals surface area (Å²) in [6.07, 6.45) is 4.76. The van der Waals surface area contributed by atoms with Gasteiger partial charge in [-0.1, -0.05) is 98.3 Å². The zero-order valence-electron chi connectivity index (χ0n) is 20.3. The van der Waals surface area contributed by atoms with E-state index in [4.69, 9.17) is 0 Å². The van der Waals surface area contributed by atoms with Gasteiger partial charge in [0.1, 0.15) is 0 Å². The normalized spacial score (nSPS) is 17.6. The van der Waals surface area contributed by atoms with Crippen LogP contribution in [0.25, 0.3) is 0 Å². The van der Waals surface area contributed by atoms with E-state index in [0.717, 1.165) is 43.6 Å². The number of carbonyl (C=O) groups excluding carboxylic acids is 1. The lowest BCUT2D eigenvalue weighted by atomic mass is 9.68. The van der Waals surface area contributed by atoms with Crippen molar-refractivity contribution in [1.82, 2.24) is 9.80 Å². The molecule has 1 spiro atoms. The van der Waals surface area contributed by atoms with Crippen LogP contribution in [0.4, 0.5) is 0 Å².